The number of hydrogen-bond acceptors (Lipinski definition) is 3. The Morgan fingerprint density at radius 3 is 2.80 bits per heavy atom. The van der Waals surface area contributed by atoms with Crippen LogP contribution in [0.5, 0.6) is 0 Å². The van der Waals surface area contributed by atoms with Gasteiger partial charge >= 0.3 is 0 Å². The minimum atomic E-state index is 0.512. The van der Waals surface area contributed by atoms with E-state index in [1.165, 1.54) is 5.56 Å². The van der Waals surface area contributed by atoms with E-state index in [4.69, 9.17) is 5.73 Å². The van der Waals surface area contributed by atoms with Crippen molar-refractivity contribution in [1.82, 2.24) is 14.8 Å². The zero-order valence-electron chi connectivity index (χ0n) is 11.3. The Kier molecular flexibility index (Phi) is 3.21. The molecule has 3 rings (SSSR count). The maximum atomic E-state index is 5.76. The number of nitrogens with zero attached hydrogens (tertiary/aromatic N) is 3. The Morgan fingerprint density at radius 2 is 2.00 bits per heavy atom. The monoisotopic (exact) mass is 264 g/mol. The maximum Gasteiger partial charge on any atom is 0.123 e. The van der Waals surface area contributed by atoms with Gasteiger partial charge in [0.1, 0.15) is 5.82 Å². The predicted octanol–water partition coefficient (Wildman–Crippen LogP) is 3.08. The summed E-state index contributed by atoms with van der Waals surface area (Å²) in [7, 11) is 0. The van der Waals surface area contributed by atoms with Crippen molar-refractivity contribution >= 4 is 5.82 Å². The second kappa shape index (κ2) is 5.17. The van der Waals surface area contributed by atoms with Crippen LogP contribution in [0.2, 0.25) is 0 Å². The molecule has 2 aromatic heterocycles. The lowest BCUT2D eigenvalue weighted by atomic mass is 10.1. The van der Waals surface area contributed by atoms with Gasteiger partial charge in [-0.25, -0.2) is 9.67 Å². The first-order valence-corrected chi connectivity index (χ1v) is 6.63. The van der Waals surface area contributed by atoms with Crippen molar-refractivity contribution in [2.24, 2.45) is 0 Å². The minimum absolute atomic E-state index is 0.512. The van der Waals surface area contributed by atoms with Crippen LogP contribution in [0, 0.1) is 0 Å². The van der Waals surface area contributed by atoms with Crippen LogP contribution in [0.4, 0.5) is 5.82 Å². The Bertz CT molecular complexity index is 731. The van der Waals surface area contributed by atoms with Crippen LogP contribution in [0.15, 0.2) is 54.9 Å². The number of nitrogens with two attached hydrogens (primary N) is 1. The second-order valence-corrected chi connectivity index (χ2v) is 4.62. The topological polar surface area (TPSA) is 56.7 Å². The first kappa shape index (κ1) is 12.4. The van der Waals surface area contributed by atoms with Crippen molar-refractivity contribution in [3.8, 4) is 16.9 Å². The highest BCUT2D eigenvalue weighted by Crippen LogP contribution is 2.23. The molecule has 100 valence electrons. The summed E-state index contributed by atoms with van der Waals surface area (Å²) in [4.78, 5) is 4.03. The van der Waals surface area contributed by atoms with Gasteiger partial charge in [0, 0.05) is 11.8 Å². The lowest BCUT2D eigenvalue weighted by Gasteiger charge is -2.09. The summed E-state index contributed by atoms with van der Waals surface area (Å²) in [5.41, 5.74) is 10.1. The Labute approximate surface area is 117 Å². The third kappa shape index (κ3) is 2.28. The van der Waals surface area contributed by atoms with E-state index in [2.05, 4.69) is 41.3 Å². The lowest BCUT2D eigenvalue weighted by molar-refractivity contribution is 0.884. The van der Waals surface area contributed by atoms with Gasteiger partial charge in [0.05, 0.1) is 17.6 Å². The summed E-state index contributed by atoms with van der Waals surface area (Å²) in [6.07, 6.45) is 4.52. The number of benzene rings is 1. The molecule has 2 heterocycles. The normalized spacial score (nSPS) is 10.7. The van der Waals surface area contributed by atoms with Crippen LogP contribution in [0.3, 0.4) is 0 Å². The first-order valence-electron chi connectivity index (χ1n) is 6.63. The summed E-state index contributed by atoms with van der Waals surface area (Å²) >= 11 is 0. The van der Waals surface area contributed by atoms with E-state index in [0.717, 1.165) is 23.4 Å². The summed E-state index contributed by atoms with van der Waals surface area (Å²) in [6, 6.07) is 14.2. The molecule has 0 aliphatic rings. The van der Waals surface area contributed by atoms with Crippen molar-refractivity contribution in [1.29, 1.82) is 0 Å². The molecule has 0 spiro atoms. The summed E-state index contributed by atoms with van der Waals surface area (Å²) in [5, 5.41) is 4.42. The van der Waals surface area contributed by atoms with E-state index >= 15 is 0 Å². The number of aryl methyl sites for hydroxylation is 1. The summed E-state index contributed by atoms with van der Waals surface area (Å²) in [5.74, 6) is 0.512. The fourth-order valence-electron chi connectivity index (χ4n) is 2.24. The lowest BCUT2D eigenvalue weighted by Crippen LogP contribution is -2.00. The Morgan fingerprint density at radius 1 is 1.10 bits per heavy atom. The van der Waals surface area contributed by atoms with Gasteiger partial charge in [-0.3, -0.25) is 0 Å². The molecule has 3 aromatic rings. The highest BCUT2D eigenvalue weighted by molar-refractivity contribution is 5.64. The maximum absolute atomic E-state index is 5.76. The molecule has 0 saturated carbocycles. The van der Waals surface area contributed by atoms with E-state index < -0.39 is 0 Å². The van der Waals surface area contributed by atoms with E-state index in [9.17, 15) is 0 Å². The van der Waals surface area contributed by atoms with Crippen LogP contribution < -0.4 is 5.73 Å². The zero-order chi connectivity index (χ0) is 13.9. The van der Waals surface area contributed by atoms with Crippen molar-refractivity contribution in [3.05, 3.63) is 60.4 Å². The zero-order valence-corrected chi connectivity index (χ0v) is 11.3. The largest absolute Gasteiger partial charge is 0.384 e. The van der Waals surface area contributed by atoms with Gasteiger partial charge in [-0.1, -0.05) is 19.1 Å². The van der Waals surface area contributed by atoms with Gasteiger partial charge in [-0.2, -0.15) is 5.10 Å². The van der Waals surface area contributed by atoms with Crippen LogP contribution in [0.25, 0.3) is 16.9 Å². The number of aromatic nitrogens is 3. The molecule has 0 bridgehead atoms. The van der Waals surface area contributed by atoms with Crippen molar-refractivity contribution in [2.75, 3.05) is 5.73 Å². The third-order valence-electron chi connectivity index (χ3n) is 3.28. The van der Waals surface area contributed by atoms with Gasteiger partial charge in [-0.15, -0.1) is 0 Å². The predicted molar refractivity (Wildman–Crippen MR) is 80.6 cm³/mol. The Balaban J connectivity index is 2.10. The van der Waals surface area contributed by atoms with Crippen LogP contribution in [0.1, 0.15) is 12.5 Å². The van der Waals surface area contributed by atoms with E-state index in [1.807, 2.05) is 22.9 Å². The third-order valence-corrected chi connectivity index (χ3v) is 3.28. The number of hydrogen-bond donors (Lipinski definition) is 1. The summed E-state index contributed by atoms with van der Waals surface area (Å²) in [6.45, 7) is 2.15. The van der Waals surface area contributed by atoms with Gasteiger partial charge in [0.25, 0.3) is 0 Å². The molecule has 0 unspecified atom stereocenters. The van der Waals surface area contributed by atoms with Crippen molar-refractivity contribution in [3.63, 3.8) is 0 Å². The van der Waals surface area contributed by atoms with E-state index in [1.54, 1.807) is 12.4 Å². The smallest absolute Gasteiger partial charge is 0.123 e. The van der Waals surface area contributed by atoms with Crippen LogP contribution in [-0.2, 0) is 6.42 Å². The molecule has 0 atom stereocenters. The molecule has 0 amide bonds. The molecule has 0 saturated heterocycles. The molecule has 0 aliphatic carbocycles. The van der Waals surface area contributed by atoms with Crippen molar-refractivity contribution < 1.29 is 0 Å². The number of nitrogen functional groups attached to an aromatic ring is 1. The Hall–Kier alpha value is -2.62. The summed E-state index contributed by atoms with van der Waals surface area (Å²) < 4.78 is 1.92. The highest BCUT2D eigenvalue weighted by Gasteiger charge is 2.08. The molecular weight excluding hydrogens is 248 g/mol. The fourth-order valence-corrected chi connectivity index (χ4v) is 2.24. The number of rotatable bonds is 3. The van der Waals surface area contributed by atoms with E-state index in [-0.39, 0.29) is 0 Å². The molecule has 4 heteroatoms. The molecule has 2 N–H and O–H groups in total. The van der Waals surface area contributed by atoms with Crippen LogP contribution >= 0.6 is 0 Å². The van der Waals surface area contributed by atoms with Crippen molar-refractivity contribution in [2.45, 2.75) is 13.3 Å². The fraction of sp³-hybridized carbons (Fsp3) is 0.125. The molecule has 1 aromatic carbocycles. The van der Waals surface area contributed by atoms with Gasteiger partial charge in [0.2, 0.25) is 0 Å². The molecule has 0 radical (unpaired) electrons. The number of anilines is 1. The molecule has 0 fully saturated rings. The molecule has 4 nitrogen and oxygen atoms in total. The standard InChI is InChI=1S/C16H16N4/c1-2-12-4-3-5-14(10-12)20-15(7-9-19-20)13-6-8-18-16(17)11-13/h3-11H,2H2,1H3,(H2,17,18). The average molecular weight is 264 g/mol. The molecule has 0 aliphatic heterocycles. The minimum Gasteiger partial charge on any atom is -0.384 e. The number of pyridine rings is 1. The highest BCUT2D eigenvalue weighted by atomic mass is 15.3. The second-order valence-electron chi connectivity index (χ2n) is 4.62. The van der Waals surface area contributed by atoms with Gasteiger partial charge in [-0.05, 0) is 42.3 Å². The SMILES string of the molecule is CCc1cccc(-n2nccc2-c2ccnc(N)c2)c1. The van der Waals surface area contributed by atoms with Gasteiger partial charge in [0.15, 0.2) is 0 Å². The van der Waals surface area contributed by atoms with Gasteiger partial charge < -0.3 is 5.73 Å². The quantitative estimate of drug-likeness (QED) is 0.791. The molecule has 20 heavy (non-hydrogen) atoms. The molecular formula is C16H16N4. The first-order chi connectivity index (χ1) is 9.78. The van der Waals surface area contributed by atoms with Crippen LogP contribution in [-0.4, -0.2) is 14.8 Å². The average Bonchev–Trinajstić information content (AvgIpc) is 2.97. The van der Waals surface area contributed by atoms with E-state index in [0.29, 0.717) is 5.82 Å².